The van der Waals surface area contributed by atoms with Gasteiger partial charge in [-0.1, -0.05) is 0 Å². The molecule has 0 aliphatic carbocycles. The summed E-state index contributed by atoms with van der Waals surface area (Å²) in [5.74, 6) is 1.30. The van der Waals surface area contributed by atoms with Crippen LogP contribution in [0.5, 0.6) is 0 Å². The number of fused-ring (bicyclic) bond motifs is 1. The number of rotatable bonds is 2. The van der Waals surface area contributed by atoms with Gasteiger partial charge in [0, 0.05) is 10.8 Å². The van der Waals surface area contributed by atoms with E-state index in [-0.39, 0.29) is 0 Å². The van der Waals surface area contributed by atoms with Crippen LogP contribution >= 0.6 is 11.8 Å². The monoisotopic (exact) mass is 234 g/mol. The van der Waals surface area contributed by atoms with E-state index in [4.69, 9.17) is 5.73 Å². The lowest BCUT2D eigenvalue weighted by molar-refractivity contribution is 0.779. The number of nitrogen functional groups attached to an aromatic ring is 1. The third-order valence-corrected chi connectivity index (χ3v) is 4.32. The van der Waals surface area contributed by atoms with Gasteiger partial charge < -0.3 is 5.73 Å². The van der Waals surface area contributed by atoms with E-state index in [2.05, 4.69) is 21.8 Å². The number of nitrogens with two attached hydrogens (primary N) is 1. The van der Waals surface area contributed by atoms with Crippen LogP contribution in [0.3, 0.4) is 0 Å². The lowest BCUT2D eigenvalue weighted by atomic mass is 10.1. The van der Waals surface area contributed by atoms with E-state index >= 15 is 0 Å². The van der Waals surface area contributed by atoms with Gasteiger partial charge in [0.25, 0.3) is 0 Å². The van der Waals surface area contributed by atoms with Gasteiger partial charge in [0.15, 0.2) is 5.65 Å². The summed E-state index contributed by atoms with van der Waals surface area (Å²) in [4.78, 5) is 4.35. The summed E-state index contributed by atoms with van der Waals surface area (Å²) in [6.07, 6.45) is 9.16. The zero-order chi connectivity index (χ0) is 11.0. The molecule has 2 N–H and O–H groups in total. The highest BCUT2D eigenvalue weighted by Crippen LogP contribution is 2.29. The van der Waals surface area contributed by atoms with Crippen molar-refractivity contribution in [2.24, 2.45) is 0 Å². The van der Waals surface area contributed by atoms with Crippen LogP contribution in [0.1, 0.15) is 18.4 Å². The Morgan fingerprint density at radius 2 is 2.44 bits per heavy atom. The summed E-state index contributed by atoms with van der Waals surface area (Å²) in [6, 6.07) is 0. The van der Waals surface area contributed by atoms with Crippen LogP contribution in [-0.2, 0) is 6.42 Å². The molecule has 0 spiro atoms. The molecule has 3 heterocycles. The number of anilines is 1. The molecule has 0 radical (unpaired) electrons. The Hall–Kier alpha value is -1.23. The number of hydrogen-bond donors (Lipinski definition) is 1. The zero-order valence-electron chi connectivity index (χ0n) is 8.97. The van der Waals surface area contributed by atoms with E-state index < -0.39 is 0 Å². The third-order valence-electron chi connectivity index (χ3n) is 2.92. The van der Waals surface area contributed by atoms with Crippen LogP contribution in [-0.4, -0.2) is 25.6 Å². The molecule has 16 heavy (non-hydrogen) atoms. The van der Waals surface area contributed by atoms with Gasteiger partial charge in [0.2, 0.25) is 0 Å². The first-order valence-electron chi connectivity index (χ1n) is 5.52. The lowest BCUT2D eigenvalue weighted by Crippen LogP contribution is -2.02. The first kappa shape index (κ1) is 9.96. The highest BCUT2D eigenvalue weighted by Gasteiger charge is 2.18. The Balaban J connectivity index is 1.91. The molecule has 3 rings (SSSR count). The molecule has 1 atom stereocenters. The second-order valence-electron chi connectivity index (χ2n) is 4.16. The van der Waals surface area contributed by atoms with Gasteiger partial charge in [-0.2, -0.15) is 16.9 Å². The second kappa shape index (κ2) is 3.97. The molecule has 0 saturated carbocycles. The smallest absolute Gasteiger partial charge is 0.158 e. The van der Waals surface area contributed by atoms with Crippen LogP contribution in [0.25, 0.3) is 5.65 Å². The lowest BCUT2D eigenvalue weighted by Gasteiger charge is -2.05. The quantitative estimate of drug-likeness (QED) is 0.860. The standard InChI is InChI=1S/C11H14N4S/c12-9-6-13-11-8(5-14-15(11)7-9)4-10-2-1-3-16-10/h5-7,10H,1-4,12H2. The Bertz CT molecular complexity index is 502. The summed E-state index contributed by atoms with van der Waals surface area (Å²) in [5.41, 5.74) is 8.50. The Kier molecular flexibility index (Phi) is 2.47. The van der Waals surface area contributed by atoms with Gasteiger partial charge in [-0.3, -0.25) is 0 Å². The molecule has 2 aromatic heterocycles. The predicted molar refractivity (Wildman–Crippen MR) is 66.6 cm³/mol. The van der Waals surface area contributed by atoms with Gasteiger partial charge in [0.1, 0.15) is 0 Å². The molecule has 1 aliphatic heterocycles. The largest absolute Gasteiger partial charge is 0.396 e. The van der Waals surface area contributed by atoms with Crippen molar-refractivity contribution in [2.75, 3.05) is 11.5 Å². The summed E-state index contributed by atoms with van der Waals surface area (Å²) >= 11 is 2.06. The minimum absolute atomic E-state index is 0.650. The summed E-state index contributed by atoms with van der Waals surface area (Å²) in [7, 11) is 0. The SMILES string of the molecule is Nc1cnc2c(CC3CCCS3)cnn2c1. The predicted octanol–water partition coefficient (Wildman–Crippen LogP) is 1.75. The van der Waals surface area contributed by atoms with Crippen molar-refractivity contribution in [2.45, 2.75) is 24.5 Å². The summed E-state index contributed by atoms with van der Waals surface area (Å²) in [5, 5.41) is 5.03. The number of thioether (sulfide) groups is 1. The summed E-state index contributed by atoms with van der Waals surface area (Å²) < 4.78 is 1.77. The first-order chi connectivity index (χ1) is 7.83. The highest BCUT2D eigenvalue weighted by atomic mass is 32.2. The molecule has 4 nitrogen and oxygen atoms in total. The van der Waals surface area contributed by atoms with Crippen molar-refractivity contribution in [3.8, 4) is 0 Å². The van der Waals surface area contributed by atoms with Crippen molar-refractivity contribution >= 4 is 23.1 Å². The van der Waals surface area contributed by atoms with Crippen molar-refractivity contribution < 1.29 is 0 Å². The van der Waals surface area contributed by atoms with Gasteiger partial charge in [-0.15, -0.1) is 0 Å². The maximum atomic E-state index is 5.67. The van der Waals surface area contributed by atoms with Crippen LogP contribution in [0, 0.1) is 0 Å². The van der Waals surface area contributed by atoms with Crippen LogP contribution in [0.15, 0.2) is 18.6 Å². The van der Waals surface area contributed by atoms with Crippen molar-refractivity contribution in [3.05, 3.63) is 24.2 Å². The van der Waals surface area contributed by atoms with Crippen LogP contribution in [0.4, 0.5) is 5.69 Å². The molecule has 2 aromatic rings. The van der Waals surface area contributed by atoms with E-state index in [9.17, 15) is 0 Å². The highest BCUT2D eigenvalue weighted by molar-refractivity contribution is 8.00. The maximum Gasteiger partial charge on any atom is 0.158 e. The number of hydrogen-bond acceptors (Lipinski definition) is 4. The molecule has 0 aromatic carbocycles. The third kappa shape index (κ3) is 1.75. The fraction of sp³-hybridized carbons (Fsp3) is 0.455. The minimum Gasteiger partial charge on any atom is -0.396 e. The van der Waals surface area contributed by atoms with Crippen molar-refractivity contribution in [1.82, 2.24) is 14.6 Å². The molecule has 1 unspecified atom stereocenters. The molecule has 0 bridgehead atoms. The van der Waals surface area contributed by atoms with Crippen molar-refractivity contribution in [1.29, 1.82) is 0 Å². The maximum absolute atomic E-state index is 5.67. The summed E-state index contributed by atoms with van der Waals surface area (Å²) in [6.45, 7) is 0. The van der Waals surface area contributed by atoms with Crippen molar-refractivity contribution in [3.63, 3.8) is 0 Å². The first-order valence-corrected chi connectivity index (χ1v) is 6.57. The molecule has 1 fully saturated rings. The number of nitrogens with zero attached hydrogens (tertiary/aromatic N) is 3. The number of aromatic nitrogens is 3. The van der Waals surface area contributed by atoms with Gasteiger partial charge in [-0.05, 0) is 25.0 Å². The van der Waals surface area contributed by atoms with E-state index in [0.717, 1.165) is 17.3 Å². The average molecular weight is 234 g/mol. The molecular weight excluding hydrogens is 220 g/mol. The second-order valence-corrected chi connectivity index (χ2v) is 5.57. The zero-order valence-corrected chi connectivity index (χ0v) is 9.78. The Labute approximate surface area is 98.2 Å². The average Bonchev–Trinajstić information content (AvgIpc) is 2.89. The Morgan fingerprint density at radius 3 is 3.25 bits per heavy atom. The molecule has 0 amide bonds. The molecule has 1 aliphatic rings. The van der Waals surface area contributed by atoms with E-state index in [1.807, 2.05) is 12.4 Å². The molecule has 84 valence electrons. The minimum atomic E-state index is 0.650. The van der Waals surface area contributed by atoms with E-state index in [0.29, 0.717) is 5.69 Å². The van der Waals surface area contributed by atoms with Crippen LogP contribution < -0.4 is 5.73 Å². The van der Waals surface area contributed by atoms with Gasteiger partial charge in [-0.25, -0.2) is 9.50 Å². The molecule has 5 heteroatoms. The van der Waals surface area contributed by atoms with Gasteiger partial charge >= 0.3 is 0 Å². The van der Waals surface area contributed by atoms with E-state index in [1.165, 1.54) is 24.2 Å². The normalized spacial score (nSPS) is 20.6. The topological polar surface area (TPSA) is 56.2 Å². The fourth-order valence-electron chi connectivity index (χ4n) is 2.13. The molecular formula is C11H14N4S. The molecule has 1 saturated heterocycles. The van der Waals surface area contributed by atoms with E-state index in [1.54, 1.807) is 10.7 Å². The van der Waals surface area contributed by atoms with Crippen LogP contribution in [0.2, 0.25) is 0 Å². The Morgan fingerprint density at radius 1 is 1.50 bits per heavy atom. The fourth-order valence-corrected chi connectivity index (χ4v) is 3.43. The van der Waals surface area contributed by atoms with Gasteiger partial charge in [0.05, 0.1) is 24.3 Å².